The topological polar surface area (TPSA) is 66.4 Å². The van der Waals surface area contributed by atoms with Gasteiger partial charge < -0.3 is 10.4 Å². The zero-order valence-corrected chi connectivity index (χ0v) is 10.4. The third-order valence-electron chi connectivity index (χ3n) is 2.37. The lowest BCUT2D eigenvalue weighted by atomic mass is 10.1. The first-order chi connectivity index (χ1) is 7.90. The van der Waals surface area contributed by atoms with E-state index in [9.17, 15) is 9.59 Å². The van der Waals surface area contributed by atoms with Crippen molar-refractivity contribution in [2.75, 3.05) is 5.32 Å². The van der Waals surface area contributed by atoms with E-state index in [2.05, 4.69) is 5.32 Å². The van der Waals surface area contributed by atoms with E-state index in [-0.39, 0.29) is 12.3 Å². The molecule has 0 aromatic heterocycles. The summed E-state index contributed by atoms with van der Waals surface area (Å²) in [6.07, 6.45) is -0.0547. The number of rotatable bonds is 4. The van der Waals surface area contributed by atoms with Crippen molar-refractivity contribution in [2.24, 2.45) is 5.92 Å². The van der Waals surface area contributed by atoms with Crippen molar-refractivity contribution < 1.29 is 14.7 Å². The highest BCUT2D eigenvalue weighted by atomic mass is 35.5. The van der Waals surface area contributed by atoms with E-state index in [1.807, 2.05) is 6.92 Å². The number of halogens is 1. The van der Waals surface area contributed by atoms with Gasteiger partial charge >= 0.3 is 5.97 Å². The standard InChI is InChI=1S/C12H14ClNO3/c1-7-3-4-9(6-10(7)13)14-11(15)5-8(2)12(16)17/h3-4,6,8H,5H2,1-2H3,(H,14,15)(H,16,17). The SMILES string of the molecule is Cc1ccc(NC(=O)CC(C)C(=O)O)cc1Cl. The van der Waals surface area contributed by atoms with E-state index in [0.717, 1.165) is 5.56 Å². The number of amides is 1. The van der Waals surface area contributed by atoms with Gasteiger partial charge in [-0.15, -0.1) is 0 Å². The van der Waals surface area contributed by atoms with Gasteiger partial charge in [-0.1, -0.05) is 24.6 Å². The number of hydrogen-bond donors (Lipinski definition) is 2. The molecular weight excluding hydrogens is 242 g/mol. The second-order valence-corrected chi connectivity index (χ2v) is 4.36. The van der Waals surface area contributed by atoms with Crippen molar-refractivity contribution >= 4 is 29.2 Å². The van der Waals surface area contributed by atoms with Crippen LogP contribution in [0.1, 0.15) is 18.9 Å². The summed E-state index contributed by atoms with van der Waals surface area (Å²) >= 11 is 5.91. The molecule has 0 fully saturated rings. The summed E-state index contributed by atoms with van der Waals surface area (Å²) in [4.78, 5) is 22.1. The Balaban J connectivity index is 2.62. The largest absolute Gasteiger partial charge is 0.481 e. The first-order valence-corrected chi connectivity index (χ1v) is 5.56. The Morgan fingerprint density at radius 1 is 1.47 bits per heavy atom. The summed E-state index contributed by atoms with van der Waals surface area (Å²) in [7, 11) is 0. The van der Waals surface area contributed by atoms with Gasteiger partial charge in [0, 0.05) is 17.1 Å². The molecule has 0 spiro atoms. The molecule has 92 valence electrons. The number of carboxylic acids is 1. The fourth-order valence-electron chi connectivity index (χ4n) is 1.25. The Labute approximate surface area is 105 Å². The van der Waals surface area contributed by atoms with Crippen LogP contribution in [0.4, 0.5) is 5.69 Å². The van der Waals surface area contributed by atoms with E-state index < -0.39 is 11.9 Å². The Bertz CT molecular complexity index is 445. The predicted molar refractivity (Wildman–Crippen MR) is 66.2 cm³/mol. The normalized spacial score (nSPS) is 11.9. The number of nitrogens with one attached hydrogen (secondary N) is 1. The van der Waals surface area contributed by atoms with Gasteiger partial charge in [-0.3, -0.25) is 9.59 Å². The zero-order valence-electron chi connectivity index (χ0n) is 9.66. The van der Waals surface area contributed by atoms with Crippen molar-refractivity contribution in [1.82, 2.24) is 0 Å². The molecule has 1 unspecified atom stereocenters. The molecule has 0 saturated carbocycles. The number of carboxylic acid groups (broad SMARTS) is 1. The highest BCUT2D eigenvalue weighted by molar-refractivity contribution is 6.31. The van der Waals surface area contributed by atoms with Crippen LogP contribution in [0.5, 0.6) is 0 Å². The zero-order chi connectivity index (χ0) is 13.0. The Kier molecular flexibility index (Phi) is 4.52. The molecule has 1 aromatic carbocycles. The van der Waals surface area contributed by atoms with Gasteiger partial charge in [0.05, 0.1) is 5.92 Å². The van der Waals surface area contributed by atoms with Gasteiger partial charge in [-0.05, 0) is 24.6 Å². The molecular formula is C12H14ClNO3. The van der Waals surface area contributed by atoms with Gasteiger partial charge in [-0.25, -0.2) is 0 Å². The van der Waals surface area contributed by atoms with Crippen molar-refractivity contribution in [3.8, 4) is 0 Å². The van der Waals surface area contributed by atoms with E-state index in [1.54, 1.807) is 18.2 Å². The first kappa shape index (κ1) is 13.5. The van der Waals surface area contributed by atoms with E-state index >= 15 is 0 Å². The van der Waals surface area contributed by atoms with Crippen LogP contribution in [0.25, 0.3) is 0 Å². The van der Waals surface area contributed by atoms with E-state index in [0.29, 0.717) is 10.7 Å². The average Bonchev–Trinajstić information content (AvgIpc) is 2.23. The van der Waals surface area contributed by atoms with Crippen LogP contribution in [0.15, 0.2) is 18.2 Å². The van der Waals surface area contributed by atoms with Gasteiger partial charge in [0.15, 0.2) is 0 Å². The molecule has 0 saturated heterocycles. The van der Waals surface area contributed by atoms with Gasteiger partial charge in [0.2, 0.25) is 5.91 Å². The third kappa shape index (κ3) is 4.07. The summed E-state index contributed by atoms with van der Waals surface area (Å²) in [5, 5.41) is 11.8. The Hall–Kier alpha value is -1.55. The van der Waals surface area contributed by atoms with Gasteiger partial charge in [-0.2, -0.15) is 0 Å². The molecule has 4 nitrogen and oxygen atoms in total. The molecule has 2 N–H and O–H groups in total. The summed E-state index contributed by atoms with van der Waals surface area (Å²) in [6, 6.07) is 5.16. The molecule has 1 amide bonds. The molecule has 0 aliphatic rings. The summed E-state index contributed by atoms with van der Waals surface area (Å²) in [5.41, 5.74) is 1.49. The number of carbonyl (C=O) groups is 2. The lowest BCUT2D eigenvalue weighted by Crippen LogP contribution is -2.19. The Morgan fingerprint density at radius 3 is 2.65 bits per heavy atom. The number of benzene rings is 1. The molecule has 5 heteroatoms. The predicted octanol–water partition coefficient (Wildman–Crippen LogP) is 2.70. The molecule has 0 aliphatic heterocycles. The summed E-state index contributed by atoms with van der Waals surface area (Å²) in [6.45, 7) is 3.35. The number of aliphatic carboxylic acids is 1. The van der Waals surface area contributed by atoms with Crippen LogP contribution in [-0.4, -0.2) is 17.0 Å². The maximum absolute atomic E-state index is 11.5. The molecule has 17 heavy (non-hydrogen) atoms. The molecule has 1 atom stereocenters. The quantitative estimate of drug-likeness (QED) is 0.869. The monoisotopic (exact) mass is 255 g/mol. The smallest absolute Gasteiger partial charge is 0.306 e. The molecule has 0 heterocycles. The van der Waals surface area contributed by atoms with E-state index in [1.165, 1.54) is 6.92 Å². The highest BCUT2D eigenvalue weighted by Crippen LogP contribution is 2.20. The second kappa shape index (κ2) is 5.68. The molecule has 1 aromatic rings. The lowest BCUT2D eigenvalue weighted by Gasteiger charge is -2.08. The first-order valence-electron chi connectivity index (χ1n) is 5.19. The van der Waals surface area contributed by atoms with Crippen molar-refractivity contribution in [3.05, 3.63) is 28.8 Å². The number of hydrogen-bond acceptors (Lipinski definition) is 2. The second-order valence-electron chi connectivity index (χ2n) is 3.96. The van der Waals surface area contributed by atoms with Gasteiger partial charge in [0.1, 0.15) is 0 Å². The van der Waals surface area contributed by atoms with Gasteiger partial charge in [0.25, 0.3) is 0 Å². The van der Waals surface area contributed by atoms with Crippen molar-refractivity contribution in [2.45, 2.75) is 20.3 Å². The summed E-state index contributed by atoms with van der Waals surface area (Å²) in [5.74, 6) is -2.02. The molecule has 0 radical (unpaired) electrons. The number of carbonyl (C=O) groups excluding carboxylic acids is 1. The minimum absolute atomic E-state index is 0.0547. The van der Waals surface area contributed by atoms with Crippen LogP contribution >= 0.6 is 11.6 Å². The van der Waals surface area contributed by atoms with Crippen molar-refractivity contribution in [3.63, 3.8) is 0 Å². The van der Waals surface area contributed by atoms with Crippen LogP contribution in [-0.2, 0) is 9.59 Å². The average molecular weight is 256 g/mol. The maximum atomic E-state index is 11.5. The highest BCUT2D eigenvalue weighted by Gasteiger charge is 2.15. The van der Waals surface area contributed by atoms with Crippen LogP contribution in [0.2, 0.25) is 5.02 Å². The molecule has 0 aliphatic carbocycles. The third-order valence-corrected chi connectivity index (χ3v) is 2.78. The Morgan fingerprint density at radius 2 is 2.12 bits per heavy atom. The molecule has 1 rings (SSSR count). The number of anilines is 1. The van der Waals surface area contributed by atoms with Crippen LogP contribution in [0.3, 0.4) is 0 Å². The van der Waals surface area contributed by atoms with Crippen LogP contribution < -0.4 is 5.32 Å². The molecule has 0 bridgehead atoms. The number of aryl methyl sites for hydroxylation is 1. The maximum Gasteiger partial charge on any atom is 0.306 e. The lowest BCUT2D eigenvalue weighted by molar-refractivity contribution is -0.142. The van der Waals surface area contributed by atoms with Crippen molar-refractivity contribution in [1.29, 1.82) is 0 Å². The summed E-state index contributed by atoms with van der Waals surface area (Å²) < 4.78 is 0. The minimum Gasteiger partial charge on any atom is -0.481 e. The van der Waals surface area contributed by atoms with Crippen LogP contribution in [0, 0.1) is 12.8 Å². The van der Waals surface area contributed by atoms with E-state index in [4.69, 9.17) is 16.7 Å². The fraction of sp³-hybridized carbons (Fsp3) is 0.333. The minimum atomic E-state index is -0.984. The fourth-order valence-corrected chi connectivity index (χ4v) is 1.43.